The Labute approximate surface area is 154 Å². The van der Waals surface area contributed by atoms with E-state index in [4.69, 9.17) is 33.0 Å². The highest BCUT2D eigenvalue weighted by molar-refractivity contribution is 6.42. The largest absolute Gasteiger partial charge is 0.480 e. The second-order valence-electron chi connectivity index (χ2n) is 5.33. The monoisotopic (exact) mass is 383 g/mol. The summed E-state index contributed by atoms with van der Waals surface area (Å²) in [4.78, 5) is 24.4. The second-order valence-corrected chi connectivity index (χ2v) is 6.12. The average molecular weight is 384 g/mol. The fraction of sp³-hybridized carbons (Fsp3) is 0.250. The van der Waals surface area contributed by atoms with Gasteiger partial charge in [0.2, 0.25) is 5.88 Å². The molecular formula is C16H15Cl2N3O4. The minimum Gasteiger partial charge on any atom is -0.480 e. The van der Waals surface area contributed by atoms with Crippen LogP contribution in [0, 0.1) is 0 Å². The summed E-state index contributed by atoms with van der Waals surface area (Å²) in [7, 11) is 0. The van der Waals surface area contributed by atoms with Gasteiger partial charge in [-0.05, 0) is 32.0 Å². The van der Waals surface area contributed by atoms with Crippen LogP contribution in [0.3, 0.4) is 0 Å². The Kier molecular flexibility index (Phi) is 6.17. The van der Waals surface area contributed by atoms with Crippen molar-refractivity contribution in [2.24, 2.45) is 0 Å². The topological polar surface area (TPSA) is 92.6 Å². The summed E-state index contributed by atoms with van der Waals surface area (Å²) in [5.74, 6) is -1.21. The van der Waals surface area contributed by atoms with E-state index >= 15 is 0 Å². The van der Waals surface area contributed by atoms with Crippen LogP contribution in [0.5, 0.6) is 11.6 Å². The molecular weight excluding hydrogens is 369 g/mol. The number of hydrogen-bond donors (Lipinski definition) is 1. The molecule has 2 rings (SSSR count). The number of benzene rings is 1. The van der Waals surface area contributed by atoms with E-state index in [-0.39, 0.29) is 22.6 Å². The predicted octanol–water partition coefficient (Wildman–Crippen LogP) is 3.51. The van der Waals surface area contributed by atoms with E-state index in [0.29, 0.717) is 10.8 Å². The molecule has 1 amide bonds. The summed E-state index contributed by atoms with van der Waals surface area (Å²) in [5.41, 5.74) is 0.0134. The molecule has 9 heteroatoms. The van der Waals surface area contributed by atoms with Crippen molar-refractivity contribution in [3.05, 3.63) is 46.1 Å². The molecule has 0 aliphatic carbocycles. The highest BCUT2D eigenvalue weighted by Gasteiger charge is 2.23. The van der Waals surface area contributed by atoms with Crippen molar-refractivity contribution in [3.8, 4) is 11.6 Å². The highest BCUT2D eigenvalue weighted by atomic mass is 35.5. The number of ether oxygens (including phenoxy) is 1. The fourth-order valence-electron chi connectivity index (χ4n) is 1.95. The third-order valence-electron chi connectivity index (χ3n) is 3.18. The van der Waals surface area contributed by atoms with Gasteiger partial charge in [0.25, 0.3) is 5.91 Å². The molecule has 0 radical (unpaired) electrons. The summed E-state index contributed by atoms with van der Waals surface area (Å²) in [6, 6.07) is 7.44. The maximum Gasteiger partial charge on any atom is 0.323 e. The van der Waals surface area contributed by atoms with E-state index in [1.54, 1.807) is 32.0 Å². The Morgan fingerprint density at radius 3 is 2.48 bits per heavy atom. The van der Waals surface area contributed by atoms with Gasteiger partial charge in [0.05, 0.1) is 5.02 Å². The van der Waals surface area contributed by atoms with E-state index in [1.165, 1.54) is 17.0 Å². The summed E-state index contributed by atoms with van der Waals surface area (Å²) < 4.78 is 5.49. The summed E-state index contributed by atoms with van der Waals surface area (Å²) in [5, 5.41) is 17.1. The lowest BCUT2D eigenvalue weighted by molar-refractivity contribution is -0.138. The zero-order valence-corrected chi connectivity index (χ0v) is 15.0. The Hall–Kier alpha value is -2.38. The quantitative estimate of drug-likeness (QED) is 0.820. The highest BCUT2D eigenvalue weighted by Crippen LogP contribution is 2.33. The molecule has 0 fully saturated rings. The van der Waals surface area contributed by atoms with Crippen molar-refractivity contribution in [3.63, 3.8) is 0 Å². The molecule has 0 atom stereocenters. The number of hydrogen-bond acceptors (Lipinski definition) is 5. The molecule has 0 spiro atoms. The fourth-order valence-corrected chi connectivity index (χ4v) is 2.28. The van der Waals surface area contributed by atoms with E-state index in [1.807, 2.05) is 0 Å². The third kappa shape index (κ3) is 4.80. The standard InChI is InChI=1S/C16H15Cl2N3O4/c1-9(2)21(8-14(22)23)16(24)11-6-7-13(20-19-11)25-12-5-3-4-10(17)15(12)18/h3-7,9H,8H2,1-2H3,(H,22,23). The van der Waals surface area contributed by atoms with Gasteiger partial charge < -0.3 is 14.7 Å². The maximum absolute atomic E-state index is 12.4. The molecule has 0 aliphatic rings. The number of nitrogens with zero attached hydrogens (tertiary/aromatic N) is 3. The zero-order valence-electron chi connectivity index (χ0n) is 13.4. The van der Waals surface area contributed by atoms with Crippen LogP contribution in [-0.4, -0.2) is 44.7 Å². The van der Waals surface area contributed by atoms with Crippen LogP contribution in [0.1, 0.15) is 24.3 Å². The van der Waals surface area contributed by atoms with Crippen LogP contribution in [0.25, 0.3) is 0 Å². The molecule has 1 heterocycles. The molecule has 1 N–H and O–H groups in total. The average Bonchev–Trinajstić information content (AvgIpc) is 2.56. The van der Waals surface area contributed by atoms with Crippen LogP contribution in [0.4, 0.5) is 0 Å². The lowest BCUT2D eigenvalue weighted by Gasteiger charge is -2.24. The molecule has 1 aromatic carbocycles. The number of carboxylic acid groups (broad SMARTS) is 1. The molecule has 7 nitrogen and oxygen atoms in total. The number of aliphatic carboxylic acids is 1. The molecule has 132 valence electrons. The summed E-state index contributed by atoms with van der Waals surface area (Å²) in [6.45, 7) is 3.01. The Balaban J connectivity index is 2.17. The summed E-state index contributed by atoms with van der Waals surface area (Å²) >= 11 is 11.9. The van der Waals surface area contributed by atoms with Gasteiger partial charge >= 0.3 is 5.97 Å². The Bertz CT molecular complexity index is 781. The predicted molar refractivity (Wildman–Crippen MR) is 92.4 cm³/mol. The number of amides is 1. The SMILES string of the molecule is CC(C)N(CC(=O)O)C(=O)c1ccc(Oc2cccc(Cl)c2Cl)nn1. The first-order valence-electron chi connectivity index (χ1n) is 7.28. The minimum absolute atomic E-state index is 0.0134. The van der Waals surface area contributed by atoms with Crippen molar-refractivity contribution >= 4 is 35.1 Å². The zero-order chi connectivity index (χ0) is 18.6. The number of carboxylic acids is 1. The minimum atomic E-state index is -1.11. The van der Waals surface area contributed by atoms with Crippen molar-refractivity contribution < 1.29 is 19.4 Å². The van der Waals surface area contributed by atoms with Gasteiger partial charge in [-0.15, -0.1) is 10.2 Å². The Morgan fingerprint density at radius 2 is 1.92 bits per heavy atom. The molecule has 1 aromatic heterocycles. The van der Waals surface area contributed by atoms with Crippen molar-refractivity contribution in [2.45, 2.75) is 19.9 Å². The number of rotatable bonds is 6. The lowest BCUT2D eigenvalue weighted by atomic mass is 10.2. The van der Waals surface area contributed by atoms with Crippen LogP contribution >= 0.6 is 23.2 Å². The van der Waals surface area contributed by atoms with Gasteiger partial charge in [0, 0.05) is 12.1 Å². The normalized spacial score (nSPS) is 10.6. The van der Waals surface area contributed by atoms with E-state index in [0.717, 1.165) is 0 Å². The van der Waals surface area contributed by atoms with Crippen molar-refractivity contribution in [2.75, 3.05) is 6.54 Å². The van der Waals surface area contributed by atoms with E-state index < -0.39 is 18.4 Å². The first-order chi connectivity index (χ1) is 11.8. The second kappa shape index (κ2) is 8.13. The van der Waals surface area contributed by atoms with E-state index in [2.05, 4.69) is 10.2 Å². The van der Waals surface area contributed by atoms with Crippen molar-refractivity contribution in [1.29, 1.82) is 0 Å². The molecule has 0 saturated carbocycles. The number of halogens is 2. The van der Waals surface area contributed by atoms with Gasteiger partial charge in [-0.1, -0.05) is 29.3 Å². The van der Waals surface area contributed by atoms with Gasteiger partial charge in [0.15, 0.2) is 5.69 Å². The van der Waals surface area contributed by atoms with Crippen LogP contribution < -0.4 is 4.74 Å². The van der Waals surface area contributed by atoms with Gasteiger partial charge in [-0.3, -0.25) is 9.59 Å². The lowest BCUT2D eigenvalue weighted by Crippen LogP contribution is -2.41. The molecule has 0 aliphatic heterocycles. The molecule has 0 saturated heterocycles. The molecule has 25 heavy (non-hydrogen) atoms. The number of carbonyl (C=O) groups excluding carboxylic acids is 1. The third-order valence-corrected chi connectivity index (χ3v) is 3.98. The van der Waals surface area contributed by atoms with Crippen LogP contribution in [0.2, 0.25) is 10.0 Å². The van der Waals surface area contributed by atoms with Crippen molar-refractivity contribution in [1.82, 2.24) is 15.1 Å². The first kappa shape index (κ1) is 19.0. The first-order valence-corrected chi connectivity index (χ1v) is 8.03. The Morgan fingerprint density at radius 1 is 1.20 bits per heavy atom. The van der Waals surface area contributed by atoms with Crippen LogP contribution in [0.15, 0.2) is 30.3 Å². The maximum atomic E-state index is 12.4. The smallest absolute Gasteiger partial charge is 0.323 e. The number of carbonyl (C=O) groups is 2. The van der Waals surface area contributed by atoms with Gasteiger partial charge in [-0.25, -0.2) is 0 Å². The van der Waals surface area contributed by atoms with Crippen LogP contribution in [-0.2, 0) is 4.79 Å². The van der Waals surface area contributed by atoms with E-state index in [9.17, 15) is 9.59 Å². The molecule has 0 bridgehead atoms. The van der Waals surface area contributed by atoms with Gasteiger partial charge in [-0.2, -0.15) is 0 Å². The number of aromatic nitrogens is 2. The summed E-state index contributed by atoms with van der Waals surface area (Å²) in [6.07, 6.45) is 0. The van der Waals surface area contributed by atoms with Gasteiger partial charge in [0.1, 0.15) is 17.3 Å². The molecule has 2 aromatic rings. The molecule has 0 unspecified atom stereocenters.